The van der Waals surface area contributed by atoms with Gasteiger partial charge in [-0.05, 0) is 24.8 Å². The smallest absolute Gasteiger partial charge is 0.313 e. The second-order valence-corrected chi connectivity index (χ2v) is 8.80. The number of fused-ring (bicyclic) bond motifs is 1. The highest BCUT2D eigenvalue weighted by molar-refractivity contribution is 7.99. The molecule has 0 aliphatic heterocycles. The summed E-state index contributed by atoms with van der Waals surface area (Å²) in [5.74, 6) is 0.917. The number of nitrogens with zero attached hydrogens (tertiary/aromatic N) is 3. The van der Waals surface area contributed by atoms with Crippen molar-refractivity contribution in [1.29, 1.82) is 0 Å². The van der Waals surface area contributed by atoms with Crippen LogP contribution in [0.2, 0.25) is 0 Å². The van der Waals surface area contributed by atoms with Crippen molar-refractivity contribution in [2.45, 2.75) is 70.0 Å². The van der Waals surface area contributed by atoms with Crippen LogP contribution in [-0.4, -0.2) is 24.9 Å². The Morgan fingerprint density at radius 3 is 2.50 bits per heavy atom. The number of aromatic nitrogens is 4. The van der Waals surface area contributed by atoms with Gasteiger partial charge in [0.1, 0.15) is 0 Å². The molecule has 0 bridgehead atoms. The third kappa shape index (κ3) is 5.65. The van der Waals surface area contributed by atoms with Crippen molar-refractivity contribution in [3.63, 3.8) is 0 Å². The second-order valence-electron chi connectivity index (χ2n) is 7.74. The molecule has 162 valence electrons. The normalized spacial score (nSPS) is 11.4. The second kappa shape index (κ2) is 11.2. The van der Waals surface area contributed by atoms with Crippen molar-refractivity contribution >= 4 is 22.9 Å². The molecule has 2 aromatic heterocycles. The molecule has 0 amide bonds. The monoisotopic (exact) mass is 428 g/mol. The molecule has 0 radical (unpaired) electrons. The van der Waals surface area contributed by atoms with Crippen molar-refractivity contribution in [1.82, 2.24) is 19.1 Å². The van der Waals surface area contributed by atoms with Gasteiger partial charge in [-0.2, -0.15) is 0 Å². The molecule has 0 saturated carbocycles. The van der Waals surface area contributed by atoms with E-state index in [2.05, 4.69) is 41.2 Å². The highest BCUT2D eigenvalue weighted by Gasteiger charge is 2.17. The summed E-state index contributed by atoms with van der Waals surface area (Å²) in [4.78, 5) is 31.6. The molecule has 3 rings (SSSR count). The van der Waals surface area contributed by atoms with E-state index >= 15 is 0 Å². The SMILES string of the molecule is CCCCCCCCn1c(SCCCc2ccccc2)nc2c1c(=O)[nH]c(=O)n2C. The summed E-state index contributed by atoms with van der Waals surface area (Å²) in [6.45, 7) is 2.97. The standard InChI is InChI=1S/C23H32N4O2S/c1-3-4-5-6-7-11-16-27-19-20(26(2)22(29)25-21(19)28)24-23(27)30-17-12-15-18-13-9-8-10-14-18/h8-10,13-14H,3-7,11-12,15-17H2,1-2H3,(H,25,28,29). The fourth-order valence-corrected chi connectivity index (χ4v) is 4.63. The van der Waals surface area contributed by atoms with Crippen molar-refractivity contribution in [3.8, 4) is 0 Å². The summed E-state index contributed by atoms with van der Waals surface area (Å²) in [7, 11) is 1.66. The summed E-state index contributed by atoms with van der Waals surface area (Å²) >= 11 is 1.67. The van der Waals surface area contributed by atoms with E-state index in [-0.39, 0.29) is 5.56 Å². The molecule has 0 unspecified atom stereocenters. The first-order valence-corrected chi connectivity index (χ1v) is 12.0. The maximum atomic E-state index is 12.5. The molecule has 7 heteroatoms. The Bertz CT molecular complexity index is 1050. The Labute approximate surface area is 181 Å². The Morgan fingerprint density at radius 1 is 1.00 bits per heavy atom. The largest absolute Gasteiger partial charge is 0.329 e. The molecular formula is C23H32N4O2S. The van der Waals surface area contributed by atoms with E-state index in [1.54, 1.807) is 18.8 Å². The van der Waals surface area contributed by atoms with Crippen LogP contribution in [0, 0.1) is 0 Å². The molecule has 0 fully saturated rings. The number of H-pyrrole nitrogens is 1. The van der Waals surface area contributed by atoms with Gasteiger partial charge in [0.05, 0.1) is 0 Å². The average molecular weight is 429 g/mol. The minimum absolute atomic E-state index is 0.345. The summed E-state index contributed by atoms with van der Waals surface area (Å²) in [6.07, 6.45) is 9.19. The van der Waals surface area contributed by atoms with E-state index in [9.17, 15) is 9.59 Å². The third-order valence-corrected chi connectivity index (χ3v) is 6.45. The highest BCUT2D eigenvalue weighted by atomic mass is 32.2. The zero-order valence-corrected chi connectivity index (χ0v) is 18.8. The van der Waals surface area contributed by atoms with Crippen LogP contribution >= 0.6 is 11.8 Å². The van der Waals surface area contributed by atoms with Crippen LogP contribution in [0.5, 0.6) is 0 Å². The van der Waals surface area contributed by atoms with Gasteiger partial charge >= 0.3 is 5.69 Å². The number of thioether (sulfide) groups is 1. The molecule has 6 nitrogen and oxygen atoms in total. The number of aromatic amines is 1. The van der Waals surface area contributed by atoms with E-state index in [1.807, 2.05) is 10.6 Å². The van der Waals surface area contributed by atoms with E-state index in [4.69, 9.17) is 0 Å². The number of unbranched alkanes of at least 4 members (excludes halogenated alkanes) is 5. The number of nitrogens with one attached hydrogen (secondary N) is 1. The fraction of sp³-hybridized carbons (Fsp3) is 0.522. The van der Waals surface area contributed by atoms with E-state index in [0.717, 1.165) is 43.1 Å². The number of aryl methyl sites for hydroxylation is 3. The maximum absolute atomic E-state index is 12.5. The number of hydrogen-bond donors (Lipinski definition) is 1. The summed E-state index contributed by atoms with van der Waals surface area (Å²) in [5, 5.41) is 0.832. The number of hydrogen-bond acceptors (Lipinski definition) is 4. The first kappa shape index (κ1) is 22.4. The lowest BCUT2D eigenvalue weighted by molar-refractivity contribution is 0.544. The van der Waals surface area contributed by atoms with Gasteiger partial charge in [0.2, 0.25) is 0 Å². The minimum atomic E-state index is -0.419. The zero-order chi connectivity index (χ0) is 21.3. The molecule has 0 aliphatic rings. The maximum Gasteiger partial charge on any atom is 0.329 e. The molecule has 30 heavy (non-hydrogen) atoms. The van der Waals surface area contributed by atoms with Crippen molar-refractivity contribution in [2.75, 3.05) is 5.75 Å². The predicted molar refractivity (Wildman–Crippen MR) is 124 cm³/mol. The molecule has 0 saturated heterocycles. The molecule has 3 aromatic rings. The predicted octanol–water partition coefficient (Wildman–Crippen LogP) is 4.51. The van der Waals surface area contributed by atoms with Crippen LogP contribution in [0.15, 0.2) is 45.1 Å². The van der Waals surface area contributed by atoms with Crippen LogP contribution in [0.1, 0.15) is 57.4 Å². The van der Waals surface area contributed by atoms with Gasteiger partial charge in [-0.25, -0.2) is 9.78 Å². The van der Waals surface area contributed by atoms with Crippen LogP contribution in [0.25, 0.3) is 11.2 Å². The topological polar surface area (TPSA) is 72.7 Å². The summed E-state index contributed by atoms with van der Waals surface area (Å²) < 4.78 is 3.45. The van der Waals surface area contributed by atoms with E-state index in [1.165, 1.54) is 35.8 Å². The van der Waals surface area contributed by atoms with Crippen molar-refractivity contribution < 1.29 is 0 Å². The molecule has 0 spiro atoms. The van der Waals surface area contributed by atoms with Gasteiger partial charge in [0, 0.05) is 19.3 Å². The van der Waals surface area contributed by atoms with Gasteiger partial charge in [-0.1, -0.05) is 81.1 Å². The van der Waals surface area contributed by atoms with Gasteiger partial charge in [-0.15, -0.1) is 0 Å². The van der Waals surface area contributed by atoms with E-state index in [0.29, 0.717) is 11.2 Å². The van der Waals surface area contributed by atoms with E-state index < -0.39 is 5.69 Å². The molecule has 1 aromatic carbocycles. The Morgan fingerprint density at radius 2 is 1.73 bits per heavy atom. The average Bonchev–Trinajstić information content (AvgIpc) is 3.12. The fourth-order valence-electron chi connectivity index (χ4n) is 3.67. The van der Waals surface area contributed by atoms with Crippen LogP contribution in [0.4, 0.5) is 0 Å². The minimum Gasteiger partial charge on any atom is -0.313 e. The van der Waals surface area contributed by atoms with Crippen LogP contribution in [-0.2, 0) is 20.0 Å². The highest BCUT2D eigenvalue weighted by Crippen LogP contribution is 2.23. The lowest BCUT2D eigenvalue weighted by Gasteiger charge is -2.09. The van der Waals surface area contributed by atoms with Crippen molar-refractivity contribution in [2.24, 2.45) is 7.05 Å². The van der Waals surface area contributed by atoms with Crippen molar-refractivity contribution in [3.05, 3.63) is 56.7 Å². The van der Waals surface area contributed by atoms with Gasteiger partial charge in [0.25, 0.3) is 5.56 Å². The molecule has 0 aliphatic carbocycles. The first-order valence-electron chi connectivity index (χ1n) is 11.0. The summed E-state index contributed by atoms with van der Waals surface area (Å²) in [6, 6.07) is 10.5. The number of imidazole rings is 1. The van der Waals surface area contributed by atoms with Gasteiger partial charge in [0.15, 0.2) is 16.3 Å². The third-order valence-electron chi connectivity index (χ3n) is 5.39. The Kier molecular flexibility index (Phi) is 8.37. The van der Waals surface area contributed by atoms with Gasteiger partial charge < -0.3 is 4.57 Å². The quantitative estimate of drug-likeness (QED) is 0.340. The number of benzene rings is 1. The lowest BCUT2D eigenvalue weighted by atomic mass is 10.1. The van der Waals surface area contributed by atoms with Crippen LogP contribution in [0.3, 0.4) is 0 Å². The zero-order valence-electron chi connectivity index (χ0n) is 18.0. The molecule has 2 heterocycles. The summed E-state index contributed by atoms with van der Waals surface area (Å²) in [5.41, 5.74) is 1.55. The molecule has 1 N–H and O–H groups in total. The van der Waals surface area contributed by atoms with Gasteiger partial charge in [-0.3, -0.25) is 14.3 Å². The Hall–Kier alpha value is -2.28. The number of rotatable bonds is 12. The van der Waals surface area contributed by atoms with Crippen LogP contribution < -0.4 is 11.2 Å². The molecular weight excluding hydrogens is 396 g/mol. The lowest BCUT2D eigenvalue weighted by Crippen LogP contribution is -2.29. The molecule has 0 atom stereocenters. The Balaban J connectivity index is 1.72. The first-order chi connectivity index (χ1) is 14.6.